The van der Waals surface area contributed by atoms with Crippen molar-refractivity contribution in [2.24, 2.45) is 12.5 Å². The van der Waals surface area contributed by atoms with Gasteiger partial charge in [0.2, 0.25) is 0 Å². The first kappa shape index (κ1) is 16.8. The predicted molar refractivity (Wildman–Crippen MR) is 89.0 cm³/mol. The normalized spacial score (nSPS) is 26.5. The minimum absolute atomic E-state index is 0. The molecule has 0 saturated carbocycles. The number of aromatic nitrogens is 2. The van der Waals surface area contributed by atoms with Crippen LogP contribution in [0.1, 0.15) is 44.9 Å². The molecule has 1 spiro atoms. The second-order valence-corrected chi connectivity index (χ2v) is 7.81. The van der Waals surface area contributed by atoms with E-state index in [1.807, 2.05) is 11.7 Å². The van der Waals surface area contributed by atoms with Crippen molar-refractivity contribution in [3.05, 3.63) is 17.5 Å². The van der Waals surface area contributed by atoms with Crippen molar-refractivity contribution in [3.63, 3.8) is 0 Å². The molecule has 1 aromatic rings. The van der Waals surface area contributed by atoms with Gasteiger partial charge >= 0.3 is 0 Å². The second-order valence-electron chi connectivity index (χ2n) is 7.81. The van der Waals surface area contributed by atoms with Gasteiger partial charge in [0.05, 0.1) is 5.69 Å². The van der Waals surface area contributed by atoms with Gasteiger partial charge in [-0.05, 0) is 31.3 Å². The Balaban J connectivity index is 0.00000161. The Morgan fingerprint density at radius 1 is 1.33 bits per heavy atom. The summed E-state index contributed by atoms with van der Waals surface area (Å²) in [6.45, 7) is 12.7. The molecule has 2 saturated heterocycles. The summed E-state index contributed by atoms with van der Waals surface area (Å²) in [7, 11) is 2.03. The van der Waals surface area contributed by atoms with Crippen LogP contribution in [0.4, 0.5) is 0 Å². The molecule has 0 radical (unpaired) electrons. The molecule has 2 aliphatic heterocycles. The number of hydrogen-bond donors (Lipinski definition) is 1. The molecule has 4 nitrogen and oxygen atoms in total. The summed E-state index contributed by atoms with van der Waals surface area (Å²) in [6, 6.07) is 0. The first-order valence-electron chi connectivity index (χ1n) is 7.84. The van der Waals surface area contributed by atoms with Crippen molar-refractivity contribution >= 4 is 12.4 Å². The van der Waals surface area contributed by atoms with Crippen LogP contribution in [-0.4, -0.2) is 40.9 Å². The molecular weight excluding hydrogens is 284 g/mol. The molecule has 2 aliphatic rings. The van der Waals surface area contributed by atoms with E-state index in [4.69, 9.17) is 5.10 Å². The van der Waals surface area contributed by atoms with Crippen molar-refractivity contribution in [1.82, 2.24) is 20.0 Å². The first-order chi connectivity index (χ1) is 9.38. The largest absolute Gasteiger partial charge is 0.316 e. The third kappa shape index (κ3) is 3.43. The van der Waals surface area contributed by atoms with Gasteiger partial charge in [0, 0.05) is 43.9 Å². The van der Waals surface area contributed by atoms with E-state index in [0.717, 1.165) is 6.54 Å². The maximum atomic E-state index is 4.69. The maximum absolute atomic E-state index is 4.69. The van der Waals surface area contributed by atoms with Gasteiger partial charge in [-0.1, -0.05) is 20.8 Å². The Kier molecular flexibility index (Phi) is 4.72. The number of rotatable bonds is 2. The van der Waals surface area contributed by atoms with Crippen molar-refractivity contribution < 1.29 is 0 Å². The van der Waals surface area contributed by atoms with E-state index >= 15 is 0 Å². The van der Waals surface area contributed by atoms with E-state index in [1.54, 1.807) is 0 Å². The fraction of sp³-hybridized carbons (Fsp3) is 0.812. The molecule has 0 amide bonds. The van der Waals surface area contributed by atoms with Crippen molar-refractivity contribution in [2.75, 3.05) is 26.2 Å². The van der Waals surface area contributed by atoms with Crippen LogP contribution in [0.25, 0.3) is 0 Å². The van der Waals surface area contributed by atoms with Gasteiger partial charge in [-0.15, -0.1) is 12.4 Å². The van der Waals surface area contributed by atoms with E-state index in [9.17, 15) is 0 Å². The zero-order valence-corrected chi connectivity index (χ0v) is 14.6. The summed E-state index contributed by atoms with van der Waals surface area (Å²) in [5, 5.41) is 8.23. The second kappa shape index (κ2) is 5.90. The lowest BCUT2D eigenvalue weighted by atomic mass is 9.86. The molecule has 1 atom stereocenters. The van der Waals surface area contributed by atoms with Crippen LogP contribution < -0.4 is 5.32 Å². The van der Waals surface area contributed by atoms with Crippen LogP contribution in [0.2, 0.25) is 0 Å². The summed E-state index contributed by atoms with van der Waals surface area (Å²) >= 11 is 0. The Labute approximate surface area is 134 Å². The minimum atomic E-state index is 0. The van der Waals surface area contributed by atoms with E-state index in [2.05, 4.69) is 37.2 Å². The third-order valence-corrected chi connectivity index (χ3v) is 4.86. The fourth-order valence-corrected chi connectivity index (χ4v) is 3.83. The molecule has 1 aromatic heterocycles. The van der Waals surface area contributed by atoms with Crippen molar-refractivity contribution in [1.29, 1.82) is 0 Å². The Morgan fingerprint density at radius 3 is 2.71 bits per heavy atom. The SMILES string of the molecule is Cl.Cn1cc(CN2CCC3(CCNC3)C2)c(C(C)(C)C)n1. The van der Waals surface area contributed by atoms with Gasteiger partial charge in [0.25, 0.3) is 0 Å². The third-order valence-electron chi connectivity index (χ3n) is 4.86. The van der Waals surface area contributed by atoms with Gasteiger partial charge in [0.15, 0.2) is 0 Å². The molecule has 2 fully saturated rings. The number of aryl methyl sites for hydroxylation is 1. The molecule has 1 unspecified atom stereocenters. The lowest BCUT2D eigenvalue weighted by Crippen LogP contribution is -2.29. The first-order valence-corrected chi connectivity index (χ1v) is 7.84. The van der Waals surface area contributed by atoms with Gasteiger partial charge in [0.1, 0.15) is 0 Å². The zero-order valence-electron chi connectivity index (χ0n) is 13.8. The molecule has 3 rings (SSSR count). The number of nitrogens with one attached hydrogen (secondary N) is 1. The minimum Gasteiger partial charge on any atom is -0.316 e. The van der Waals surface area contributed by atoms with Gasteiger partial charge in [-0.25, -0.2) is 0 Å². The standard InChI is InChI=1S/C16H28N4.ClH/c1-15(2,3)14-13(9-19(4)18-14)10-20-8-6-16(12-20)5-7-17-11-16;/h9,17H,5-8,10-12H2,1-4H3;1H. The van der Waals surface area contributed by atoms with Crippen LogP contribution in [0.5, 0.6) is 0 Å². The maximum Gasteiger partial charge on any atom is 0.0722 e. The monoisotopic (exact) mass is 312 g/mol. The number of halogens is 1. The predicted octanol–water partition coefficient (Wildman–Crippen LogP) is 2.32. The average molecular weight is 313 g/mol. The van der Waals surface area contributed by atoms with Gasteiger partial charge in [-0.3, -0.25) is 9.58 Å². The molecular formula is C16H29ClN4. The van der Waals surface area contributed by atoms with E-state index < -0.39 is 0 Å². The summed E-state index contributed by atoms with van der Waals surface area (Å²) in [5.74, 6) is 0. The molecule has 3 heterocycles. The molecule has 0 aliphatic carbocycles. The summed E-state index contributed by atoms with van der Waals surface area (Å²) in [6.07, 6.45) is 4.91. The highest BCUT2D eigenvalue weighted by Gasteiger charge is 2.40. The zero-order chi connectivity index (χ0) is 14.4. The lowest BCUT2D eigenvalue weighted by molar-refractivity contribution is 0.267. The highest BCUT2D eigenvalue weighted by molar-refractivity contribution is 5.85. The molecule has 120 valence electrons. The van der Waals surface area contributed by atoms with E-state index in [1.165, 1.54) is 50.3 Å². The van der Waals surface area contributed by atoms with Crippen LogP contribution in [-0.2, 0) is 19.0 Å². The summed E-state index contributed by atoms with van der Waals surface area (Å²) < 4.78 is 1.97. The average Bonchev–Trinajstić information content (AvgIpc) is 3.03. The highest BCUT2D eigenvalue weighted by atomic mass is 35.5. The highest BCUT2D eigenvalue weighted by Crippen LogP contribution is 2.37. The molecule has 1 N–H and O–H groups in total. The lowest BCUT2D eigenvalue weighted by Gasteiger charge is -2.24. The quantitative estimate of drug-likeness (QED) is 0.910. The number of hydrogen-bond acceptors (Lipinski definition) is 3. The molecule has 0 bridgehead atoms. The summed E-state index contributed by atoms with van der Waals surface area (Å²) in [5.41, 5.74) is 3.35. The summed E-state index contributed by atoms with van der Waals surface area (Å²) in [4.78, 5) is 2.62. The van der Waals surface area contributed by atoms with Crippen LogP contribution in [0.15, 0.2) is 6.20 Å². The smallest absolute Gasteiger partial charge is 0.0722 e. The Bertz CT molecular complexity index is 483. The number of likely N-dealkylation sites (tertiary alicyclic amines) is 1. The van der Waals surface area contributed by atoms with E-state index in [-0.39, 0.29) is 17.8 Å². The van der Waals surface area contributed by atoms with Gasteiger partial charge in [-0.2, -0.15) is 5.10 Å². The van der Waals surface area contributed by atoms with Crippen LogP contribution >= 0.6 is 12.4 Å². The van der Waals surface area contributed by atoms with Crippen molar-refractivity contribution in [3.8, 4) is 0 Å². The van der Waals surface area contributed by atoms with Crippen LogP contribution in [0.3, 0.4) is 0 Å². The Morgan fingerprint density at radius 2 is 2.10 bits per heavy atom. The molecule has 5 heteroatoms. The van der Waals surface area contributed by atoms with Crippen molar-refractivity contribution in [2.45, 2.75) is 45.6 Å². The van der Waals surface area contributed by atoms with Gasteiger partial charge < -0.3 is 5.32 Å². The van der Waals surface area contributed by atoms with Crippen LogP contribution in [0, 0.1) is 5.41 Å². The number of nitrogens with zero attached hydrogens (tertiary/aromatic N) is 3. The van der Waals surface area contributed by atoms with E-state index in [0.29, 0.717) is 5.41 Å². The topological polar surface area (TPSA) is 33.1 Å². The molecule has 21 heavy (non-hydrogen) atoms. The fourth-order valence-electron chi connectivity index (χ4n) is 3.83. The Hall–Kier alpha value is -0.580. The molecule has 0 aromatic carbocycles.